The number of carbonyl (C=O) groups is 1. The topological polar surface area (TPSA) is 72.5 Å². The maximum Gasteiger partial charge on any atom is 0.325 e. The number of methoxy groups -OCH3 is 2. The second-order valence-corrected chi connectivity index (χ2v) is 6.46. The van der Waals surface area contributed by atoms with Gasteiger partial charge in [-0.25, -0.2) is 9.78 Å². The number of aromatic nitrogens is 1. The summed E-state index contributed by atoms with van der Waals surface area (Å²) in [6.45, 7) is 0. The van der Waals surface area contributed by atoms with E-state index in [1.165, 1.54) is 25.6 Å². The molecule has 0 spiro atoms. The molecule has 0 atom stereocenters. The lowest BCUT2D eigenvalue weighted by Gasteiger charge is -2.13. The van der Waals surface area contributed by atoms with Crippen molar-refractivity contribution in [1.82, 2.24) is 4.98 Å². The van der Waals surface area contributed by atoms with E-state index in [4.69, 9.17) is 21.1 Å². The number of hydrogen-bond acceptors (Lipinski definition) is 5. The molecule has 1 heterocycles. The third kappa shape index (κ3) is 4.07. The quantitative estimate of drug-likeness (QED) is 0.634. The minimum Gasteiger partial charge on any atom is -0.493 e. The first-order valence-electron chi connectivity index (χ1n) is 7.61. The Kier molecular flexibility index (Phi) is 5.60. The van der Waals surface area contributed by atoms with Crippen LogP contribution in [0.1, 0.15) is 0 Å². The van der Waals surface area contributed by atoms with Crippen LogP contribution in [-0.2, 0) is 0 Å². The van der Waals surface area contributed by atoms with Crippen LogP contribution in [0.15, 0.2) is 47.8 Å². The molecule has 0 bridgehead atoms. The van der Waals surface area contributed by atoms with Gasteiger partial charge in [-0.2, -0.15) is 0 Å². The molecule has 0 saturated heterocycles. The average Bonchev–Trinajstić information content (AvgIpc) is 3.10. The van der Waals surface area contributed by atoms with E-state index in [-0.39, 0.29) is 0 Å². The van der Waals surface area contributed by atoms with Crippen LogP contribution in [0.2, 0.25) is 5.02 Å². The summed E-state index contributed by atoms with van der Waals surface area (Å²) in [5.41, 5.74) is 2.19. The first kappa shape index (κ1) is 18.0. The zero-order valence-corrected chi connectivity index (χ0v) is 15.6. The van der Waals surface area contributed by atoms with E-state index in [2.05, 4.69) is 15.6 Å². The van der Waals surface area contributed by atoms with Crippen LogP contribution in [0.3, 0.4) is 0 Å². The van der Waals surface area contributed by atoms with E-state index in [9.17, 15) is 4.79 Å². The van der Waals surface area contributed by atoms with E-state index in [0.29, 0.717) is 27.3 Å². The Labute approximate surface area is 159 Å². The van der Waals surface area contributed by atoms with Crippen molar-refractivity contribution in [3.05, 3.63) is 52.9 Å². The summed E-state index contributed by atoms with van der Waals surface area (Å²) in [7, 11) is 3.05. The molecule has 0 radical (unpaired) electrons. The normalized spacial score (nSPS) is 10.3. The van der Waals surface area contributed by atoms with Gasteiger partial charge in [0.2, 0.25) is 0 Å². The number of nitrogens with zero attached hydrogens (tertiary/aromatic N) is 1. The van der Waals surface area contributed by atoms with Gasteiger partial charge in [0.05, 0.1) is 25.6 Å². The number of rotatable bonds is 5. The molecule has 26 heavy (non-hydrogen) atoms. The van der Waals surface area contributed by atoms with Crippen LogP contribution in [0.4, 0.5) is 15.6 Å². The molecule has 8 heteroatoms. The van der Waals surface area contributed by atoms with Crippen molar-refractivity contribution in [2.24, 2.45) is 0 Å². The molecule has 0 saturated carbocycles. The number of amides is 2. The second-order valence-electron chi connectivity index (χ2n) is 5.16. The summed E-state index contributed by atoms with van der Waals surface area (Å²) in [6, 6.07) is 12.2. The van der Waals surface area contributed by atoms with Crippen LogP contribution in [0.5, 0.6) is 11.5 Å². The number of urea groups is 1. The molecule has 0 aliphatic rings. The van der Waals surface area contributed by atoms with Crippen LogP contribution in [0.25, 0.3) is 11.3 Å². The van der Waals surface area contributed by atoms with Gasteiger partial charge in [-0.15, -0.1) is 11.3 Å². The summed E-state index contributed by atoms with van der Waals surface area (Å²) in [6.07, 6.45) is 0. The minimum absolute atomic E-state index is 0.423. The molecular formula is C18H16ClN3O3S. The van der Waals surface area contributed by atoms with Crippen LogP contribution in [0, 0.1) is 0 Å². The van der Waals surface area contributed by atoms with Crippen molar-refractivity contribution in [1.29, 1.82) is 0 Å². The molecule has 0 aliphatic heterocycles. The van der Waals surface area contributed by atoms with Crippen molar-refractivity contribution in [3.63, 3.8) is 0 Å². The summed E-state index contributed by atoms with van der Waals surface area (Å²) < 4.78 is 10.5. The molecule has 2 N–H and O–H groups in total. The Hall–Kier alpha value is -2.77. The minimum atomic E-state index is -0.423. The number of para-hydroxylation sites is 1. The van der Waals surface area contributed by atoms with Crippen molar-refractivity contribution in [3.8, 4) is 22.8 Å². The number of anilines is 2. The van der Waals surface area contributed by atoms with Gasteiger partial charge in [-0.05, 0) is 24.3 Å². The number of thiazole rings is 1. The predicted molar refractivity (Wildman–Crippen MR) is 105 cm³/mol. The molecule has 134 valence electrons. The fourth-order valence-electron chi connectivity index (χ4n) is 2.32. The molecule has 0 unspecified atom stereocenters. The Morgan fingerprint density at radius 1 is 1.08 bits per heavy atom. The predicted octanol–water partition coefficient (Wildman–Crippen LogP) is 5.12. The van der Waals surface area contributed by atoms with Crippen molar-refractivity contribution in [2.75, 3.05) is 24.9 Å². The smallest absolute Gasteiger partial charge is 0.325 e. The highest BCUT2D eigenvalue weighted by molar-refractivity contribution is 7.14. The summed E-state index contributed by atoms with van der Waals surface area (Å²) in [5.74, 6) is 0.982. The average molecular weight is 390 g/mol. The number of benzene rings is 2. The molecule has 1 aromatic heterocycles. The molecule has 0 aliphatic carbocycles. The van der Waals surface area contributed by atoms with Gasteiger partial charge >= 0.3 is 6.03 Å². The molecule has 2 aromatic carbocycles. The molecule has 6 nitrogen and oxygen atoms in total. The van der Waals surface area contributed by atoms with E-state index in [1.54, 1.807) is 30.3 Å². The number of carbonyl (C=O) groups excluding carboxylic acids is 1. The van der Waals surface area contributed by atoms with E-state index in [0.717, 1.165) is 11.3 Å². The standard InChI is InChI=1S/C18H16ClN3O3S/c1-24-15-5-3-4-13(16(15)25-2)20-17(23)22-18-21-14(10-26-18)11-6-8-12(19)9-7-11/h3-10H,1-2H3,(H2,20,21,22,23). The van der Waals surface area contributed by atoms with E-state index in [1.807, 2.05) is 17.5 Å². The molecule has 2 amide bonds. The monoisotopic (exact) mass is 389 g/mol. The van der Waals surface area contributed by atoms with Gasteiger partial charge in [0.15, 0.2) is 16.6 Å². The Bertz CT molecular complexity index is 912. The third-order valence-electron chi connectivity index (χ3n) is 3.52. The van der Waals surface area contributed by atoms with Gasteiger partial charge in [0, 0.05) is 16.0 Å². The van der Waals surface area contributed by atoms with Gasteiger partial charge in [0.1, 0.15) is 0 Å². The summed E-state index contributed by atoms with van der Waals surface area (Å²) in [5, 5.41) is 8.46. The lowest BCUT2D eigenvalue weighted by molar-refractivity contribution is 0.262. The van der Waals surface area contributed by atoms with Crippen molar-refractivity contribution in [2.45, 2.75) is 0 Å². The maximum atomic E-state index is 12.3. The lowest BCUT2D eigenvalue weighted by Crippen LogP contribution is -2.19. The lowest BCUT2D eigenvalue weighted by atomic mass is 10.2. The van der Waals surface area contributed by atoms with Gasteiger partial charge in [-0.1, -0.05) is 29.8 Å². The van der Waals surface area contributed by atoms with Crippen LogP contribution in [-0.4, -0.2) is 25.2 Å². The van der Waals surface area contributed by atoms with Crippen LogP contribution < -0.4 is 20.1 Å². The zero-order valence-electron chi connectivity index (χ0n) is 14.1. The Balaban J connectivity index is 1.70. The molecule has 3 rings (SSSR count). The van der Waals surface area contributed by atoms with Gasteiger partial charge < -0.3 is 14.8 Å². The van der Waals surface area contributed by atoms with Gasteiger partial charge in [0.25, 0.3) is 0 Å². The summed E-state index contributed by atoms with van der Waals surface area (Å²) >= 11 is 7.23. The largest absolute Gasteiger partial charge is 0.493 e. The molecule has 0 fully saturated rings. The van der Waals surface area contributed by atoms with Crippen molar-refractivity contribution < 1.29 is 14.3 Å². The molecular weight excluding hydrogens is 374 g/mol. The van der Waals surface area contributed by atoms with E-state index >= 15 is 0 Å². The number of nitrogens with one attached hydrogen (secondary N) is 2. The highest BCUT2D eigenvalue weighted by Gasteiger charge is 2.13. The highest BCUT2D eigenvalue weighted by Crippen LogP contribution is 2.34. The Morgan fingerprint density at radius 2 is 1.85 bits per heavy atom. The first-order chi connectivity index (χ1) is 12.6. The fraction of sp³-hybridized carbons (Fsp3) is 0.111. The number of ether oxygens (including phenoxy) is 2. The molecule has 3 aromatic rings. The van der Waals surface area contributed by atoms with Crippen molar-refractivity contribution >= 4 is 39.8 Å². The number of hydrogen-bond donors (Lipinski definition) is 2. The third-order valence-corrected chi connectivity index (χ3v) is 4.53. The van der Waals surface area contributed by atoms with Gasteiger partial charge in [-0.3, -0.25) is 5.32 Å². The van der Waals surface area contributed by atoms with Crippen LogP contribution >= 0.6 is 22.9 Å². The highest BCUT2D eigenvalue weighted by atomic mass is 35.5. The SMILES string of the molecule is COc1cccc(NC(=O)Nc2nc(-c3ccc(Cl)cc3)cs2)c1OC. The Morgan fingerprint density at radius 3 is 2.54 bits per heavy atom. The maximum absolute atomic E-state index is 12.3. The zero-order chi connectivity index (χ0) is 18.5. The summed E-state index contributed by atoms with van der Waals surface area (Å²) in [4.78, 5) is 16.7. The second kappa shape index (κ2) is 8.07. The fourth-order valence-corrected chi connectivity index (χ4v) is 3.16. The van der Waals surface area contributed by atoms with E-state index < -0.39 is 6.03 Å². The first-order valence-corrected chi connectivity index (χ1v) is 8.87. The number of halogens is 1.